The minimum atomic E-state index is 0.0978. The quantitative estimate of drug-likeness (QED) is 0.884. The number of amides is 1. The molecule has 5 nitrogen and oxygen atoms in total. The molecule has 6 heteroatoms. The number of nitrogens with one attached hydrogen (secondary N) is 2. The second kappa shape index (κ2) is 7.27. The molecular weight excluding hydrogens is 308 g/mol. The molecule has 0 unspecified atom stereocenters. The molecule has 1 fully saturated rings. The number of rotatable bonds is 5. The first kappa shape index (κ1) is 16.2. The summed E-state index contributed by atoms with van der Waals surface area (Å²) in [5, 5.41) is 12.4. The smallest absolute Gasteiger partial charge is 0.224 e. The Kier molecular flexibility index (Phi) is 5.13. The van der Waals surface area contributed by atoms with Crippen LogP contribution in [0.25, 0.3) is 0 Å². The Morgan fingerprint density at radius 1 is 1.52 bits per heavy atom. The van der Waals surface area contributed by atoms with Crippen molar-refractivity contribution in [2.75, 3.05) is 13.1 Å². The van der Waals surface area contributed by atoms with Gasteiger partial charge >= 0.3 is 0 Å². The number of carbonyl (C=O) groups excluding carboxylic acids is 1. The molecule has 23 heavy (non-hydrogen) atoms. The van der Waals surface area contributed by atoms with Gasteiger partial charge in [-0.15, -0.1) is 11.3 Å². The highest BCUT2D eigenvalue weighted by Crippen LogP contribution is 2.17. The fourth-order valence-corrected chi connectivity index (χ4v) is 3.96. The number of piperidine rings is 1. The number of aromatic nitrogens is 2. The number of aryl methyl sites for hydroxylation is 2. The van der Waals surface area contributed by atoms with Crippen LogP contribution < -0.4 is 5.32 Å². The van der Waals surface area contributed by atoms with Crippen LogP contribution in [-0.4, -0.2) is 40.1 Å². The SMILES string of the molecule is Cc1n[nH]c(C)c1CC(=O)N[C@H]1CCCN(Cc2cccs2)C1. The van der Waals surface area contributed by atoms with Gasteiger partial charge in [-0.3, -0.25) is 14.8 Å². The van der Waals surface area contributed by atoms with Crippen molar-refractivity contribution in [1.82, 2.24) is 20.4 Å². The summed E-state index contributed by atoms with van der Waals surface area (Å²) >= 11 is 1.80. The van der Waals surface area contributed by atoms with E-state index < -0.39 is 0 Å². The van der Waals surface area contributed by atoms with E-state index in [9.17, 15) is 4.79 Å². The topological polar surface area (TPSA) is 61.0 Å². The minimum Gasteiger partial charge on any atom is -0.352 e. The third-order valence-electron chi connectivity index (χ3n) is 4.45. The van der Waals surface area contributed by atoms with Crippen molar-refractivity contribution in [1.29, 1.82) is 0 Å². The third-order valence-corrected chi connectivity index (χ3v) is 5.31. The molecule has 124 valence electrons. The van der Waals surface area contributed by atoms with Crippen molar-refractivity contribution < 1.29 is 4.79 Å². The molecule has 2 N–H and O–H groups in total. The molecule has 1 aliphatic rings. The summed E-state index contributed by atoms with van der Waals surface area (Å²) in [6.07, 6.45) is 2.62. The Balaban J connectivity index is 1.52. The van der Waals surface area contributed by atoms with Gasteiger partial charge in [0.2, 0.25) is 5.91 Å². The van der Waals surface area contributed by atoms with Crippen molar-refractivity contribution in [2.24, 2.45) is 0 Å². The van der Waals surface area contributed by atoms with Crippen LogP contribution in [0.4, 0.5) is 0 Å². The van der Waals surface area contributed by atoms with E-state index in [0.29, 0.717) is 6.42 Å². The van der Waals surface area contributed by atoms with E-state index in [1.807, 2.05) is 13.8 Å². The van der Waals surface area contributed by atoms with Gasteiger partial charge in [0.05, 0.1) is 12.1 Å². The number of aromatic amines is 1. The van der Waals surface area contributed by atoms with E-state index in [4.69, 9.17) is 0 Å². The standard InChI is InChI=1S/C17H24N4OS/c1-12-16(13(2)20-19-12)9-17(22)18-14-5-3-7-21(10-14)11-15-6-4-8-23-15/h4,6,8,14H,3,5,7,9-11H2,1-2H3,(H,18,22)(H,19,20)/t14-/m0/s1. The van der Waals surface area contributed by atoms with E-state index >= 15 is 0 Å². The van der Waals surface area contributed by atoms with Gasteiger partial charge in [-0.05, 0) is 44.7 Å². The normalized spacial score (nSPS) is 19.0. The van der Waals surface area contributed by atoms with Gasteiger partial charge in [0.25, 0.3) is 0 Å². The lowest BCUT2D eigenvalue weighted by Crippen LogP contribution is -2.47. The summed E-state index contributed by atoms with van der Waals surface area (Å²) in [6, 6.07) is 4.53. The van der Waals surface area contributed by atoms with Gasteiger partial charge in [-0.25, -0.2) is 0 Å². The lowest BCUT2D eigenvalue weighted by molar-refractivity contribution is -0.121. The highest BCUT2D eigenvalue weighted by atomic mass is 32.1. The molecule has 0 spiro atoms. The largest absolute Gasteiger partial charge is 0.352 e. The molecule has 3 rings (SSSR count). The number of carbonyl (C=O) groups is 1. The van der Waals surface area contributed by atoms with Crippen molar-refractivity contribution in [3.63, 3.8) is 0 Å². The summed E-state index contributed by atoms with van der Waals surface area (Å²) < 4.78 is 0. The molecule has 0 bridgehead atoms. The molecule has 1 amide bonds. The number of nitrogens with zero attached hydrogens (tertiary/aromatic N) is 2. The van der Waals surface area contributed by atoms with Gasteiger partial charge < -0.3 is 5.32 Å². The third kappa shape index (κ3) is 4.20. The molecule has 1 aliphatic heterocycles. The fourth-order valence-electron chi connectivity index (χ4n) is 3.21. The summed E-state index contributed by atoms with van der Waals surface area (Å²) in [6.45, 7) is 6.95. The molecule has 0 aliphatic carbocycles. The molecule has 3 heterocycles. The molecule has 0 aromatic carbocycles. The van der Waals surface area contributed by atoms with Gasteiger partial charge in [0.15, 0.2) is 0 Å². The zero-order valence-corrected chi connectivity index (χ0v) is 14.6. The van der Waals surface area contributed by atoms with Gasteiger partial charge in [-0.1, -0.05) is 6.07 Å². The number of hydrogen-bond acceptors (Lipinski definition) is 4. The Morgan fingerprint density at radius 3 is 3.09 bits per heavy atom. The lowest BCUT2D eigenvalue weighted by Gasteiger charge is -2.32. The van der Waals surface area contributed by atoms with E-state index in [2.05, 4.69) is 37.9 Å². The van der Waals surface area contributed by atoms with Crippen LogP contribution in [-0.2, 0) is 17.8 Å². The molecule has 0 radical (unpaired) electrons. The predicted octanol–water partition coefficient (Wildman–Crippen LogP) is 2.41. The van der Waals surface area contributed by atoms with Crippen LogP contribution in [0.3, 0.4) is 0 Å². The van der Waals surface area contributed by atoms with E-state index in [-0.39, 0.29) is 11.9 Å². The first-order chi connectivity index (χ1) is 11.1. The number of likely N-dealkylation sites (tertiary alicyclic amines) is 1. The van der Waals surface area contributed by atoms with Crippen LogP contribution >= 0.6 is 11.3 Å². The summed E-state index contributed by atoms with van der Waals surface area (Å²) in [7, 11) is 0. The van der Waals surface area contributed by atoms with Gasteiger partial charge in [0.1, 0.15) is 0 Å². The molecule has 1 atom stereocenters. The minimum absolute atomic E-state index is 0.0978. The molecule has 1 saturated heterocycles. The zero-order valence-electron chi connectivity index (χ0n) is 13.8. The van der Waals surface area contributed by atoms with Crippen LogP contribution in [0.1, 0.15) is 34.7 Å². The lowest BCUT2D eigenvalue weighted by atomic mass is 10.0. The fraction of sp³-hybridized carbons (Fsp3) is 0.529. The van der Waals surface area contributed by atoms with Crippen LogP contribution in [0.15, 0.2) is 17.5 Å². The van der Waals surface area contributed by atoms with E-state index in [1.165, 1.54) is 4.88 Å². The van der Waals surface area contributed by atoms with E-state index in [0.717, 1.165) is 49.4 Å². The predicted molar refractivity (Wildman–Crippen MR) is 92.5 cm³/mol. The average Bonchev–Trinajstić information content (AvgIpc) is 3.13. The Morgan fingerprint density at radius 2 is 2.39 bits per heavy atom. The summed E-state index contributed by atoms with van der Waals surface area (Å²) in [4.78, 5) is 16.2. The number of thiophene rings is 1. The summed E-state index contributed by atoms with van der Waals surface area (Å²) in [5.41, 5.74) is 2.93. The van der Waals surface area contributed by atoms with Crippen molar-refractivity contribution in [3.8, 4) is 0 Å². The first-order valence-corrected chi connectivity index (χ1v) is 9.04. The van der Waals surface area contributed by atoms with Crippen molar-refractivity contribution in [2.45, 2.75) is 45.7 Å². The maximum Gasteiger partial charge on any atom is 0.224 e. The molecule has 2 aromatic rings. The van der Waals surface area contributed by atoms with E-state index in [1.54, 1.807) is 11.3 Å². The number of H-pyrrole nitrogens is 1. The Labute approximate surface area is 141 Å². The summed E-state index contributed by atoms with van der Waals surface area (Å²) in [5.74, 6) is 0.0978. The van der Waals surface area contributed by atoms with Crippen molar-refractivity contribution >= 4 is 17.2 Å². The second-order valence-electron chi connectivity index (χ2n) is 6.31. The van der Waals surface area contributed by atoms with Crippen molar-refractivity contribution in [3.05, 3.63) is 39.3 Å². The Hall–Kier alpha value is -1.66. The maximum atomic E-state index is 12.3. The molecule has 0 saturated carbocycles. The van der Waals surface area contributed by atoms with Crippen LogP contribution in [0, 0.1) is 13.8 Å². The second-order valence-corrected chi connectivity index (χ2v) is 7.34. The zero-order chi connectivity index (χ0) is 16.2. The highest BCUT2D eigenvalue weighted by Gasteiger charge is 2.22. The van der Waals surface area contributed by atoms with Crippen LogP contribution in [0.5, 0.6) is 0 Å². The number of hydrogen-bond donors (Lipinski definition) is 2. The van der Waals surface area contributed by atoms with Gasteiger partial charge in [0, 0.05) is 35.3 Å². The van der Waals surface area contributed by atoms with Crippen LogP contribution in [0.2, 0.25) is 0 Å². The highest BCUT2D eigenvalue weighted by molar-refractivity contribution is 7.09. The molecular formula is C17H24N4OS. The van der Waals surface area contributed by atoms with Gasteiger partial charge in [-0.2, -0.15) is 5.10 Å². The molecule has 2 aromatic heterocycles. The first-order valence-electron chi connectivity index (χ1n) is 8.16. The Bertz CT molecular complexity index is 630. The average molecular weight is 332 g/mol. The maximum absolute atomic E-state index is 12.3. The monoisotopic (exact) mass is 332 g/mol.